The number of benzene rings is 1. The van der Waals surface area contributed by atoms with E-state index in [0.29, 0.717) is 17.0 Å². The molecular weight excluding hydrogens is 343 g/mol. The van der Waals surface area contributed by atoms with Gasteiger partial charge in [-0.25, -0.2) is 4.98 Å². The van der Waals surface area contributed by atoms with Crippen molar-refractivity contribution in [2.45, 2.75) is 26.1 Å². The van der Waals surface area contributed by atoms with Crippen LogP contribution in [0.5, 0.6) is 5.75 Å². The third-order valence-corrected chi connectivity index (χ3v) is 3.80. The second kappa shape index (κ2) is 6.34. The number of hydrogen-bond donors (Lipinski definition) is 0. The number of aromatic nitrogens is 2. The Morgan fingerprint density at radius 1 is 1.16 bits per heavy atom. The number of nitrogens with zero attached hydrogens (tertiary/aromatic N) is 2. The Morgan fingerprint density at radius 2 is 1.88 bits per heavy atom. The van der Waals surface area contributed by atoms with Gasteiger partial charge in [0, 0.05) is 23.9 Å². The van der Waals surface area contributed by atoms with Crippen LogP contribution in [0.15, 0.2) is 42.6 Å². The molecule has 0 aliphatic carbocycles. The minimum absolute atomic E-state index is 0.0266. The Balaban J connectivity index is 2.02. The van der Waals surface area contributed by atoms with Crippen LogP contribution in [0.25, 0.3) is 5.65 Å². The summed E-state index contributed by atoms with van der Waals surface area (Å²) in [5.41, 5.74) is 0.973. The van der Waals surface area contributed by atoms with Gasteiger partial charge < -0.3 is 9.14 Å². The molecule has 0 saturated heterocycles. The highest BCUT2D eigenvalue weighted by molar-refractivity contribution is 5.48. The monoisotopic (exact) mass is 356 g/mol. The Labute approximate surface area is 139 Å². The summed E-state index contributed by atoms with van der Waals surface area (Å²) in [6.07, 6.45) is -2.98. The SMILES string of the molecule is Cc1nc2cc(C(F)(F)F)ccn2c1Cc1ccccc1OC(F)F. The Bertz CT molecular complexity index is 902. The van der Waals surface area contributed by atoms with E-state index in [1.165, 1.54) is 16.7 Å². The van der Waals surface area contributed by atoms with Crippen LogP contribution in [0.4, 0.5) is 22.0 Å². The Morgan fingerprint density at radius 3 is 2.56 bits per heavy atom. The highest BCUT2D eigenvalue weighted by Gasteiger charge is 2.31. The first-order valence-electron chi connectivity index (χ1n) is 7.33. The highest BCUT2D eigenvalue weighted by Crippen LogP contribution is 2.31. The van der Waals surface area contributed by atoms with Crippen molar-refractivity contribution in [3.63, 3.8) is 0 Å². The van der Waals surface area contributed by atoms with E-state index < -0.39 is 18.4 Å². The van der Waals surface area contributed by atoms with E-state index in [2.05, 4.69) is 9.72 Å². The molecule has 2 heterocycles. The van der Waals surface area contributed by atoms with Gasteiger partial charge in [-0.15, -0.1) is 0 Å². The van der Waals surface area contributed by atoms with E-state index >= 15 is 0 Å². The maximum absolute atomic E-state index is 12.8. The summed E-state index contributed by atoms with van der Waals surface area (Å²) in [5, 5.41) is 0. The summed E-state index contributed by atoms with van der Waals surface area (Å²) in [5.74, 6) is 0.0266. The van der Waals surface area contributed by atoms with Gasteiger partial charge in [-0.2, -0.15) is 22.0 Å². The zero-order valence-corrected chi connectivity index (χ0v) is 13.0. The lowest BCUT2D eigenvalue weighted by molar-refractivity contribution is -0.137. The van der Waals surface area contributed by atoms with Crippen molar-refractivity contribution in [1.82, 2.24) is 9.38 Å². The smallest absolute Gasteiger partial charge is 0.416 e. The minimum Gasteiger partial charge on any atom is -0.435 e. The van der Waals surface area contributed by atoms with Crippen LogP contribution in [0.3, 0.4) is 0 Å². The van der Waals surface area contributed by atoms with E-state index in [9.17, 15) is 22.0 Å². The van der Waals surface area contributed by atoms with E-state index in [1.807, 2.05) is 0 Å². The Kier molecular flexibility index (Phi) is 4.36. The molecule has 3 nitrogen and oxygen atoms in total. The topological polar surface area (TPSA) is 26.5 Å². The summed E-state index contributed by atoms with van der Waals surface area (Å²) in [7, 11) is 0. The van der Waals surface area contributed by atoms with Gasteiger partial charge in [0.15, 0.2) is 0 Å². The number of aryl methyl sites for hydroxylation is 1. The molecule has 0 fully saturated rings. The molecule has 132 valence electrons. The fraction of sp³-hybridized carbons (Fsp3) is 0.235. The molecule has 2 aromatic heterocycles. The van der Waals surface area contributed by atoms with Gasteiger partial charge in [-0.05, 0) is 25.1 Å². The first kappa shape index (κ1) is 17.2. The number of rotatable bonds is 4. The van der Waals surface area contributed by atoms with Crippen LogP contribution < -0.4 is 4.74 Å². The molecule has 0 N–H and O–H groups in total. The molecule has 25 heavy (non-hydrogen) atoms. The maximum atomic E-state index is 12.8. The molecule has 0 aliphatic rings. The van der Waals surface area contributed by atoms with E-state index in [1.54, 1.807) is 25.1 Å². The van der Waals surface area contributed by atoms with E-state index in [0.717, 1.165) is 12.1 Å². The molecule has 1 aromatic carbocycles. The number of hydrogen-bond acceptors (Lipinski definition) is 2. The number of ether oxygens (including phenoxy) is 1. The number of fused-ring (bicyclic) bond motifs is 1. The van der Waals surface area contributed by atoms with E-state index in [4.69, 9.17) is 0 Å². The normalized spacial score (nSPS) is 12.1. The third kappa shape index (κ3) is 3.57. The van der Waals surface area contributed by atoms with Gasteiger partial charge in [0.1, 0.15) is 11.4 Å². The van der Waals surface area contributed by atoms with Crippen molar-refractivity contribution in [2.75, 3.05) is 0 Å². The maximum Gasteiger partial charge on any atom is 0.416 e. The number of alkyl halides is 5. The van der Waals surface area contributed by atoms with Crippen LogP contribution in [0, 0.1) is 6.92 Å². The van der Waals surface area contributed by atoms with E-state index in [-0.39, 0.29) is 17.8 Å². The molecule has 0 atom stereocenters. The molecule has 3 rings (SSSR count). The van der Waals surface area contributed by atoms with Crippen molar-refractivity contribution in [1.29, 1.82) is 0 Å². The van der Waals surface area contributed by atoms with Gasteiger partial charge in [0.2, 0.25) is 0 Å². The molecule has 3 aromatic rings. The first-order valence-corrected chi connectivity index (χ1v) is 7.33. The second-order valence-electron chi connectivity index (χ2n) is 5.45. The first-order chi connectivity index (χ1) is 11.8. The Hall–Kier alpha value is -2.64. The molecule has 0 unspecified atom stereocenters. The summed E-state index contributed by atoms with van der Waals surface area (Å²) >= 11 is 0. The van der Waals surface area contributed by atoms with Crippen LogP contribution in [0.2, 0.25) is 0 Å². The van der Waals surface area contributed by atoms with Crippen molar-refractivity contribution in [2.24, 2.45) is 0 Å². The third-order valence-electron chi connectivity index (χ3n) is 3.80. The predicted molar refractivity (Wildman–Crippen MR) is 80.8 cm³/mol. The van der Waals surface area contributed by atoms with Gasteiger partial charge in [-0.1, -0.05) is 18.2 Å². The van der Waals surface area contributed by atoms with Gasteiger partial charge in [0.05, 0.1) is 11.3 Å². The van der Waals surface area contributed by atoms with Gasteiger partial charge >= 0.3 is 12.8 Å². The van der Waals surface area contributed by atoms with Crippen LogP contribution in [-0.2, 0) is 12.6 Å². The molecule has 0 saturated carbocycles. The largest absolute Gasteiger partial charge is 0.435 e. The zero-order chi connectivity index (χ0) is 18.2. The van der Waals surface area contributed by atoms with Gasteiger partial charge in [0.25, 0.3) is 0 Å². The highest BCUT2D eigenvalue weighted by atomic mass is 19.4. The second-order valence-corrected chi connectivity index (χ2v) is 5.45. The van der Waals surface area contributed by atoms with Crippen LogP contribution in [-0.4, -0.2) is 16.0 Å². The van der Waals surface area contributed by atoms with Crippen molar-refractivity contribution >= 4 is 5.65 Å². The lowest BCUT2D eigenvalue weighted by atomic mass is 10.1. The number of pyridine rings is 1. The molecular formula is C17H13F5N2O. The van der Waals surface area contributed by atoms with Crippen molar-refractivity contribution in [3.05, 3.63) is 65.1 Å². The quantitative estimate of drug-likeness (QED) is 0.625. The van der Waals surface area contributed by atoms with Crippen LogP contribution >= 0.6 is 0 Å². The summed E-state index contributed by atoms with van der Waals surface area (Å²) in [4.78, 5) is 4.15. The number of imidazole rings is 1. The average Bonchev–Trinajstić information content (AvgIpc) is 2.83. The zero-order valence-electron chi connectivity index (χ0n) is 13.0. The lowest BCUT2D eigenvalue weighted by Gasteiger charge is -2.11. The minimum atomic E-state index is -4.46. The summed E-state index contributed by atoms with van der Waals surface area (Å²) in [6.45, 7) is -1.30. The van der Waals surface area contributed by atoms with Crippen molar-refractivity contribution in [3.8, 4) is 5.75 Å². The molecule has 0 bridgehead atoms. The number of para-hydroxylation sites is 1. The van der Waals surface area contributed by atoms with Crippen LogP contribution in [0.1, 0.15) is 22.5 Å². The summed E-state index contributed by atoms with van der Waals surface area (Å²) < 4.78 is 69.5. The average molecular weight is 356 g/mol. The lowest BCUT2D eigenvalue weighted by Crippen LogP contribution is -2.07. The van der Waals surface area contributed by atoms with Gasteiger partial charge in [-0.3, -0.25) is 0 Å². The summed E-state index contributed by atoms with van der Waals surface area (Å²) in [6, 6.07) is 8.20. The molecule has 0 radical (unpaired) electrons. The fourth-order valence-electron chi connectivity index (χ4n) is 2.64. The fourth-order valence-corrected chi connectivity index (χ4v) is 2.64. The number of halogens is 5. The predicted octanol–water partition coefficient (Wildman–Crippen LogP) is 4.85. The molecule has 0 aliphatic heterocycles. The molecule has 8 heteroatoms. The molecule has 0 amide bonds. The van der Waals surface area contributed by atoms with Crippen molar-refractivity contribution < 1.29 is 26.7 Å². The standard InChI is InChI=1S/C17H13F5N2O/c1-10-13(8-11-4-2-3-5-14(11)25-16(18)19)24-7-6-12(17(20,21)22)9-15(24)23-10/h2-7,9,16H,8H2,1H3. The molecule has 0 spiro atoms.